The van der Waals surface area contributed by atoms with E-state index in [4.69, 9.17) is 23.2 Å². The summed E-state index contributed by atoms with van der Waals surface area (Å²) in [5.41, 5.74) is 1.16. The number of allylic oxidation sites excluding steroid dienone is 5. The monoisotopic (exact) mass is 278 g/mol. The van der Waals surface area contributed by atoms with Gasteiger partial charge in [-0.3, -0.25) is 9.59 Å². The van der Waals surface area contributed by atoms with Crippen molar-refractivity contribution in [3.8, 4) is 0 Å². The van der Waals surface area contributed by atoms with Crippen molar-refractivity contribution >= 4 is 40.8 Å². The van der Waals surface area contributed by atoms with Crippen molar-refractivity contribution in [3.63, 3.8) is 0 Å². The van der Waals surface area contributed by atoms with Crippen molar-refractivity contribution in [2.24, 2.45) is 0 Å². The van der Waals surface area contributed by atoms with E-state index >= 15 is 0 Å². The predicted octanol–water partition coefficient (Wildman–Crippen LogP) is 3.64. The maximum Gasteiger partial charge on any atom is 0.186 e. The van der Waals surface area contributed by atoms with Gasteiger partial charge in [-0.25, -0.2) is 0 Å². The highest BCUT2D eigenvalue weighted by atomic mass is 35.5. The molecule has 0 N–H and O–H groups in total. The molecular formula is C14H8Cl2O2. The number of rotatable bonds is 2. The first kappa shape index (κ1) is 12.8. The van der Waals surface area contributed by atoms with Crippen LogP contribution in [0.25, 0.3) is 6.08 Å². The van der Waals surface area contributed by atoms with Crippen LogP contribution < -0.4 is 0 Å². The van der Waals surface area contributed by atoms with Crippen LogP contribution >= 0.6 is 23.2 Å². The highest BCUT2D eigenvalue weighted by Gasteiger charge is 2.09. The number of hydrogen-bond acceptors (Lipinski definition) is 2. The Balaban J connectivity index is 2.23. The minimum Gasteiger partial charge on any atom is -0.290 e. The molecule has 0 bridgehead atoms. The molecule has 1 aromatic rings. The molecule has 0 spiro atoms. The van der Waals surface area contributed by atoms with Gasteiger partial charge in [0.25, 0.3) is 0 Å². The molecule has 0 radical (unpaired) electrons. The average Bonchev–Trinajstić information content (AvgIpc) is 2.34. The summed E-state index contributed by atoms with van der Waals surface area (Å²) in [6.45, 7) is 0. The van der Waals surface area contributed by atoms with Gasteiger partial charge in [-0.15, -0.1) is 0 Å². The average molecular weight is 279 g/mol. The van der Waals surface area contributed by atoms with Crippen molar-refractivity contribution in [3.05, 3.63) is 63.7 Å². The smallest absolute Gasteiger partial charge is 0.186 e. The van der Waals surface area contributed by atoms with Gasteiger partial charge in [0.15, 0.2) is 11.6 Å². The summed E-state index contributed by atoms with van der Waals surface area (Å²) in [7, 11) is 0. The van der Waals surface area contributed by atoms with Crippen LogP contribution in [0.4, 0.5) is 0 Å². The van der Waals surface area contributed by atoms with E-state index in [1.807, 2.05) is 0 Å². The fourth-order valence-electron chi connectivity index (χ4n) is 1.46. The molecule has 0 unspecified atom stereocenters. The van der Waals surface area contributed by atoms with Crippen LogP contribution in [0.3, 0.4) is 0 Å². The minimum atomic E-state index is -0.191. The first-order valence-electron chi connectivity index (χ1n) is 5.17. The van der Waals surface area contributed by atoms with Gasteiger partial charge in [0.05, 0.1) is 10.0 Å². The molecular weight excluding hydrogens is 271 g/mol. The highest BCUT2D eigenvalue weighted by molar-refractivity contribution is 6.42. The third kappa shape index (κ3) is 2.97. The van der Waals surface area contributed by atoms with Crippen LogP contribution in [-0.2, 0) is 9.59 Å². The lowest BCUT2D eigenvalue weighted by Gasteiger charge is -2.01. The number of ketones is 2. The van der Waals surface area contributed by atoms with Crippen LogP contribution in [0.5, 0.6) is 0 Å². The molecule has 0 fully saturated rings. The molecule has 0 saturated heterocycles. The number of benzene rings is 1. The van der Waals surface area contributed by atoms with Gasteiger partial charge >= 0.3 is 0 Å². The maximum atomic E-state index is 11.5. The van der Waals surface area contributed by atoms with E-state index in [0.717, 1.165) is 5.56 Å². The number of halogens is 2. The predicted molar refractivity (Wildman–Crippen MR) is 72.7 cm³/mol. The lowest BCUT2D eigenvalue weighted by Crippen LogP contribution is -2.05. The van der Waals surface area contributed by atoms with Crippen molar-refractivity contribution in [2.45, 2.75) is 0 Å². The van der Waals surface area contributed by atoms with Gasteiger partial charge < -0.3 is 0 Å². The van der Waals surface area contributed by atoms with Crippen molar-refractivity contribution in [1.82, 2.24) is 0 Å². The molecule has 0 aromatic heterocycles. The molecule has 0 heterocycles. The van der Waals surface area contributed by atoms with Crippen molar-refractivity contribution in [2.75, 3.05) is 0 Å². The van der Waals surface area contributed by atoms with Crippen LogP contribution in [0.2, 0.25) is 10.0 Å². The standard InChI is InChI=1S/C14H8Cl2O2/c15-12-5-2-9(7-13(12)16)1-3-10-8-11(17)4-6-14(10)18/h1-8H/b3-1+. The lowest BCUT2D eigenvalue weighted by atomic mass is 10.0. The van der Waals surface area contributed by atoms with E-state index in [9.17, 15) is 9.59 Å². The fourth-order valence-corrected chi connectivity index (χ4v) is 1.77. The van der Waals surface area contributed by atoms with E-state index in [0.29, 0.717) is 15.6 Å². The molecule has 0 saturated carbocycles. The summed E-state index contributed by atoms with van der Waals surface area (Å²) in [6.07, 6.45) is 7.10. The summed E-state index contributed by atoms with van der Waals surface area (Å²) in [5, 5.41) is 0.915. The van der Waals surface area contributed by atoms with Crippen LogP contribution in [0, 0.1) is 0 Å². The van der Waals surface area contributed by atoms with Gasteiger partial charge in [0, 0.05) is 5.57 Å². The van der Waals surface area contributed by atoms with Crippen LogP contribution in [0.1, 0.15) is 5.56 Å². The highest BCUT2D eigenvalue weighted by Crippen LogP contribution is 2.23. The second kappa shape index (κ2) is 5.34. The second-order valence-corrected chi connectivity index (χ2v) is 4.52. The molecule has 0 atom stereocenters. The van der Waals surface area contributed by atoms with E-state index < -0.39 is 0 Å². The van der Waals surface area contributed by atoms with E-state index in [-0.39, 0.29) is 11.6 Å². The quantitative estimate of drug-likeness (QED) is 0.774. The molecule has 90 valence electrons. The second-order valence-electron chi connectivity index (χ2n) is 3.71. The first-order chi connectivity index (χ1) is 8.56. The summed E-state index contributed by atoms with van der Waals surface area (Å²) in [6, 6.07) is 5.13. The Labute approximate surface area is 114 Å². The lowest BCUT2D eigenvalue weighted by molar-refractivity contribution is -0.114. The normalized spacial score (nSPS) is 15.3. The molecule has 18 heavy (non-hydrogen) atoms. The Morgan fingerprint density at radius 3 is 2.44 bits per heavy atom. The Morgan fingerprint density at radius 1 is 0.944 bits per heavy atom. The zero-order valence-electron chi connectivity index (χ0n) is 9.19. The van der Waals surface area contributed by atoms with E-state index in [1.165, 1.54) is 18.2 Å². The number of carbonyl (C=O) groups excluding carboxylic acids is 2. The molecule has 2 rings (SSSR count). The summed E-state index contributed by atoms with van der Waals surface area (Å²) in [5.74, 6) is -0.380. The Bertz CT molecular complexity index is 610. The Morgan fingerprint density at radius 2 is 1.72 bits per heavy atom. The topological polar surface area (TPSA) is 34.1 Å². The molecule has 1 aliphatic carbocycles. The van der Waals surface area contributed by atoms with Gasteiger partial charge in [0.2, 0.25) is 0 Å². The minimum absolute atomic E-state index is 0.189. The molecule has 0 aliphatic heterocycles. The molecule has 1 aliphatic rings. The summed E-state index contributed by atoms with van der Waals surface area (Å²) < 4.78 is 0. The zero-order valence-corrected chi connectivity index (χ0v) is 10.7. The van der Waals surface area contributed by atoms with Gasteiger partial charge in [0.1, 0.15) is 0 Å². The summed E-state index contributed by atoms with van der Waals surface area (Å²) >= 11 is 11.7. The van der Waals surface area contributed by atoms with E-state index in [2.05, 4.69) is 0 Å². The van der Waals surface area contributed by atoms with Gasteiger partial charge in [-0.1, -0.05) is 41.4 Å². The van der Waals surface area contributed by atoms with Crippen LogP contribution in [0.15, 0.2) is 48.1 Å². The van der Waals surface area contributed by atoms with E-state index in [1.54, 1.807) is 30.4 Å². The molecule has 2 nitrogen and oxygen atoms in total. The third-order valence-electron chi connectivity index (χ3n) is 2.38. The van der Waals surface area contributed by atoms with Crippen molar-refractivity contribution in [1.29, 1.82) is 0 Å². The summed E-state index contributed by atoms with van der Waals surface area (Å²) in [4.78, 5) is 22.6. The Hall–Kier alpha value is -1.64. The molecule has 4 heteroatoms. The zero-order chi connectivity index (χ0) is 13.1. The fraction of sp³-hybridized carbons (Fsp3) is 0. The third-order valence-corrected chi connectivity index (χ3v) is 3.12. The Kier molecular flexibility index (Phi) is 3.80. The largest absolute Gasteiger partial charge is 0.290 e. The maximum absolute atomic E-state index is 11.5. The van der Waals surface area contributed by atoms with Crippen molar-refractivity contribution < 1.29 is 9.59 Å². The number of hydrogen-bond donors (Lipinski definition) is 0. The first-order valence-corrected chi connectivity index (χ1v) is 5.93. The van der Waals surface area contributed by atoms with Gasteiger partial charge in [-0.05, 0) is 35.9 Å². The number of carbonyl (C=O) groups is 2. The molecule has 0 amide bonds. The van der Waals surface area contributed by atoms with Crippen LogP contribution in [-0.4, -0.2) is 11.6 Å². The van der Waals surface area contributed by atoms with Gasteiger partial charge in [-0.2, -0.15) is 0 Å². The SMILES string of the molecule is O=C1C=CC(=O)C(/C=C/c2ccc(Cl)c(Cl)c2)=C1. The molecule has 1 aromatic carbocycles.